The van der Waals surface area contributed by atoms with Gasteiger partial charge in [-0.25, -0.2) is 4.98 Å². The molecule has 1 aliphatic rings. The lowest BCUT2D eigenvalue weighted by Gasteiger charge is -2.15. The second-order valence-corrected chi connectivity index (χ2v) is 7.82. The molecule has 4 rings (SSSR count). The molecule has 0 unspecified atom stereocenters. The van der Waals surface area contributed by atoms with Crippen molar-refractivity contribution in [3.8, 4) is 28.4 Å². The summed E-state index contributed by atoms with van der Waals surface area (Å²) < 4.78 is 52.9. The number of rotatable bonds is 3. The molecule has 31 heavy (non-hydrogen) atoms. The molecular weight excluding hydrogens is 407 g/mol. The smallest absolute Gasteiger partial charge is 0.419 e. The van der Waals surface area contributed by atoms with Crippen molar-refractivity contribution in [3.63, 3.8) is 0 Å². The highest BCUT2D eigenvalue weighted by Gasteiger charge is 2.35. The maximum atomic E-state index is 13.3. The van der Waals surface area contributed by atoms with Crippen LogP contribution in [0.4, 0.5) is 13.2 Å². The van der Waals surface area contributed by atoms with Crippen LogP contribution in [0, 0.1) is 13.8 Å². The van der Waals surface area contributed by atoms with Gasteiger partial charge in [-0.15, -0.1) is 0 Å². The fourth-order valence-electron chi connectivity index (χ4n) is 4.09. The van der Waals surface area contributed by atoms with Gasteiger partial charge in [-0.05, 0) is 45.0 Å². The molecule has 0 fully saturated rings. The monoisotopic (exact) mass is 431 g/mol. The zero-order chi connectivity index (χ0) is 22.3. The van der Waals surface area contributed by atoms with Gasteiger partial charge in [-0.1, -0.05) is 6.07 Å². The largest absolute Gasteiger partial charge is 0.496 e. The maximum Gasteiger partial charge on any atom is 0.419 e. The number of ether oxygens (including phenoxy) is 2. The summed E-state index contributed by atoms with van der Waals surface area (Å²) in [5, 5.41) is 0. The summed E-state index contributed by atoms with van der Waals surface area (Å²) in [5.41, 5.74) is 4.27. The van der Waals surface area contributed by atoms with Crippen molar-refractivity contribution in [2.75, 3.05) is 13.7 Å². The molecule has 0 radical (unpaired) electrons. The Hall–Kier alpha value is -2.87. The number of aromatic nitrogens is 3. The number of hydrogen-bond donors (Lipinski definition) is 0. The SMILES string of the molecule is COc1cc(-c2nc(-c3cc(C)nc(C)c3)c3n2C[C@@H](C)OCC3)ccc1C(F)(F)F. The number of halogens is 3. The molecule has 5 nitrogen and oxygen atoms in total. The van der Waals surface area contributed by atoms with E-state index in [1.165, 1.54) is 19.2 Å². The van der Waals surface area contributed by atoms with Gasteiger partial charge in [0.15, 0.2) is 0 Å². The Labute approximate surface area is 178 Å². The molecule has 0 saturated heterocycles. The summed E-state index contributed by atoms with van der Waals surface area (Å²) >= 11 is 0. The quantitative estimate of drug-likeness (QED) is 0.571. The molecule has 2 aromatic heterocycles. The predicted octanol–water partition coefficient (Wildman–Crippen LogP) is 5.22. The highest BCUT2D eigenvalue weighted by molar-refractivity contribution is 5.70. The average Bonchev–Trinajstić information content (AvgIpc) is 2.92. The third-order valence-electron chi connectivity index (χ3n) is 5.37. The lowest BCUT2D eigenvalue weighted by atomic mass is 10.1. The van der Waals surface area contributed by atoms with Crippen molar-refractivity contribution >= 4 is 0 Å². The number of imidazole rings is 1. The van der Waals surface area contributed by atoms with E-state index < -0.39 is 11.7 Å². The van der Waals surface area contributed by atoms with Gasteiger partial charge in [-0.2, -0.15) is 13.2 Å². The molecular formula is C23H24F3N3O2. The topological polar surface area (TPSA) is 49.2 Å². The second-order valence-electron chi connectivity index (χ2n) is 7.82. The number of aryl methyl sites for hydroxylation is 2. The minimum Gasteiger partial charge on any atom is -0.496 e. The van der Waals surface area contributed by atoms with Crippen molar-refractivity contribution in [3.05, 3.63) is 53.0 Å². The van der Waals surface area contributed by atoms with E-state index in [2.05, 4.69) is 9.55 Å². The average molecular weight is 431 g/mol. The van der Waals surface area contributed by atoms with Crippen LogP contribution in [-0.2, 0) is 23.9 Å². The molecule has 0 aliphatic carbocycles. The van der Waals surface area contributed by atoms with Gasteiger partial charge in [0.2, 0.25) is 0 Å². The summed E-state index contributed by atoms with van der Waals surface area (Å²) in [7, 11) is 1.24. The van der Waals surface area contributed by atoms with Gasteiger partial charge in [0, 0.05) is 34.6 Å². The molecule has 1 aliphatic heterocycles. The molecule has 0 amide bonds. The Morgan fingerprint density at radius 2 is 1.77 bits per heavy atom. The highest BCUT2D eigenvalue weighted by atomic mass is 19.4. The van der Waals surface area contributed by atoms with Gasteiger partial charge in [-0.3, -0.25) is 4.98 Å². The van der Waals surface area contributed by atoms with Gasteiger partial charge in [0.25, 0.3) is 0 Å². The number of benzene rings is 1. The Morgan fingerprint density at radius 1 is 1.06 bits per heavy atom. The number of fused-ring (bicyclic) bond motifs is 1. The number of nitrogens with zero attached hydrogens (tertiary/aromatic N) is 3. The first-order chi connectivity index (χ1) is 14.7. The van der Waals surface area contributed by atoms with Gasteiger partial charge in [0.1, 0.15) is 11.6 Å². The fourth-order valence-corrected chi connectivity index (χ4v) is 4.09. The van der Waals surface area contributed by atoms with Crippen molar-refractivity contribution < 1.29 is 22.6 Å². The van der Waals surface area contributed by atoms with Crippen LogP contribution < -0.4 is 4.74 Å². The Kier molecular flexibility index (Phi) is 5.51. The highest BCUT2D eigenvalue weighted by Crippen LogP contribution is 2.39. The summed E-state index contributed by atoms with van der Waals surface area (Å²) in [6.45, 7) is 6.95. The van der Waals surface area contributed by atoms with Crippen molar-refractivity contribution in [1.29, 1.82) is 0 Å². The zero-order valence-electron chi connectivity index (χ0n) is 17.9. The number of methoxy groups -OCH3 is 1. The second kappa shape index (κ2) is 8.00. The van der Waals surface area contributed by atoms with E-state index in [0.29, 0.717) is 31.0 Å². The normalized spacial score (nSPS) is 16.7. The molecule has 3 heterocycles. The van der Waals surface area contributed by atoms with Crippen LogP contribution in [0.1, 0.15) is 29.6 Å². The van der Waals surface area contributed by atoms with Gasteiger partial charge < -0.3 is 14.0 Å². The molecule has 0 spiro atoms. The summed E-state index contributed by atoms with van der Waals surface area (Å²) in [5.74, 6) is 0.374. The molecule has 8 heteroatoms. The Balaban J connectivity index is 1.92. The third-order valence-corrected chi connectivity index (χ3v) is 5.37. The van der Waals surface area contributed by atoms with Crippen molar-refractivity contribution in [1.82, 2.24) is 14.5 Å². The molecule has 1 aromatic carbocycles. The van der Waals surface area contributed by atoms with E-state index in [0.717, 1.165) is 34.4 Å². The first-order valence-electron chi connectivity index (χ1n) is 10.1. The lowest BCUT2D eigenvalue weighted by molar-refractivity contribution is -0.138. The molecule has 3 aromatic rings. The Morgan fingerprint density at radius 3 is 2.42 bits per heavy atom. The van der Waals surface area contributed by atoms with E-state index in [9.17, 15) is 13.2 Å². The molecule has 0 saturated carbocycles. The standard InChI is InChI=1S/C23H24F3N3O2/c1-13-9-17(10-14(2)27-13)21-19-7-8-31-15(3)12-29(19)22(28-21)16-5-6-18(23(24,25)26)20(11-16)30-4/h5-6,9-11,15H,7-8,12H2,1-4H3/t15-/m1/s1. The molecule has 1 atom stereocenters. The van der Waals surface area contributed by atoms with Crippen LogP contribution in [0.3, 0.4) is 0 Å². The Bertz CT molecular complexity index is 1100. The van der Waals surface area contributed by atoms with Crippen LogP contribution in [0.2, 0.25) is 0 Å². The number of pyridine rings is 1. The first kappa shape index (κ1) is 21.4. The zero-order valence-corrected chi connectivity index (χ0v) is 17.9. The molecule has 0 N–H and O–H groups in total. The van der Waals surface area contributed by atoms with Crippen LogP contribution in [0.15, 0.2) is 30.3 Å². The van der Waals surface area contributed by atoms with Gasteiger partial charge >= 0.3 is 6.18 Å². The van der Waals surface area contributed by atoms with Crippen LogP contribution in [0.25, 0.3) is 22.6 Å². The van der Waals surface area contributed by atoms with Gasteiger partial charge in [0.05, 0.1) is 37.6 Å². The molecule has 164 valence electrons. The summed E-state index contributed by atoms with van der Waals surface area (Å²) in [6, 6.07) is 7.85. The van der Waals surface area contributed by atoms with E-state index in [4.69, 9.17) is 14.5 Å². The minimum absolute atomic E-state index is 0.0423. The van der Waals surface area contributed by atoms with Crippen molar-refractivity contribution in [2.24, 2.45) is 0 Å². The van der Waals surface area contributed by atoms with E-state index >= 15 is 0 Å². The summed E-state index contributed by atoms with van der Waals surface area (Å²) in [4.78, 5) is 9.34. The predicted molar refractivity (Wildman–Crippen MR) is 111 cm³/mol. The van der Waals surface area contributed by atoms with Crippen LogP contribution >= 0.6 is 0 Å². The summed E-state index contributed by atoms with van der Waals surface area (Å²) in [6.07, 6.45) is -3.88. The lowest BCUT2D eigenvalue weighted by Crippen LogP contribution is -2.15. The molecule has 0 bridgehead atoms. The van der Waals surface area contributed by atoms with E-state index in [1.54, 1.807) is 0 Å². The third kappa shape index (κ3) is 4.17. The fraction of sp³-hybridized carbons (Fsp3) is 0.391. The number of hydrogen-bond acceptors (Lipinski definition) is 4. The first-order valence-corrected chi connectivity index (χ1v) is 10.1. The van der Waals surface area contributed by atoms with Crippen molar-refractivity contribution in [2.45, 2.75) is 46.0 Å². The van der Waals surface area contributed by atoms with E-state index in [1.807, 2.05) is 32.9 Å². The minimum atomic E-state index is -4.49. The maximum absolute atomic E-state index is 13.3. The van der Waals surface area contributed by atoms with Crippen LogP contribution in [0.5, 0.6) is 5.75 Å². The van der Waals surface area contributed by atoms with E-state index in [-0.39, 0.29) is 11.9 Å². The number of alkyl halides is 3. The van der Waals surface area contributed by atoms with Crippen LogP contribution in [-0.4, -0.2) is 34.4 Å².